The van der Waals surface area contributed by atoms with E-state index in [2.05, 4.69) is 10.4 Å². The average molecular weight is 324 g/mol. The van der Waals surface area contributed by atoms with Crippen molar-refractivity contribution in [1.29, 1.82) is 5.41 Å². The Morgan fingerprint density at radius 2 is 2.14 bits per heavy atom. The van der Waals surface area contributed by atoms with Crippen molar-refractivity contribution >= 4 is 23.5 Å². The van der Waals surface area contributed by atoms with Crippen LogP contribution in [0, 0.1) is 5.41 Å². The lowest BCUT2D eigenvalue weighted by Gasteiger charge is -2.21. The zero-order chi connectivity index (χ0) is 16.0. The summed E-state index contributed by atoms with van der Waals surface area (Å²) in [5.74, 6) is -1.79. The van der Waals surface area contributed by atoms with Crippen LogP contribution in [0.4, 0.5) is 13.2 Å². The first-order valence-electron chi connectivity index (χ1n) is 5.70. The summed E-state index contributed by atoms with van der Waals surface area (Å²) in [7, 11) is 1.39. The summed E-state index contributed by atoms with van der Waals surface area (Å²) in [6.45, 7) is 0.262. The Kier molecular flexibility index (Phi) is 5.91. The largest absolute Gasteiger partial charge is 0.397 e. The van der Waals surface area contributed by atoms with Gasteiger partial charge in [-0.25, -0.2) is 10.4 Å². The van der Waals surface area contributed by atoms with Gasteiger partial charge in [0.15, 0.2) is 0 Å². The number of rotatable bonds is 4. The lowest BCUT2D eigenvalue weighted by molar-refractivity contribution is -0.152. The Bertz CT molecular complexity index is 506. The van der Waals surface area contributed by atoms with Crippen molar-refractivity contribution in [1.82, 2.24) is 20.7 Å². The molecule has 0 atom stereocenters. The van der Waals surface area contributed by atoms with Gasteiger partial charge in [0.25, 0.3) is 0 Å². The Hall–Kier alpha value is -1.87. The lowest BCUT2D eigenvalue weighted by atomic mass is 10.3. The number of amides is 1. The Labute approximate surface area is 123 Å². The molecule has 116 valence electrons. The molecule has 3 N–H and O–H groups in total. The third kappa shape index (κ3) is 6.91. The number of pyridine rings is 1. The zero-order valence-electron chi connectivity index (χ0n) is 11.0. The molecule has 6 nitrogen and oxygen atoms in total. The van der Waals surface area contributed by atoms with Crippen molar-refractivity contribution in [2.24, 2.45) is 0 Å². The SMILES string of the molecule is CN(NCc1ccc(Cl)nc1)C(=N)NC(=O)CC(F)(F)F. The molecule has 0 aromatic carbocycles. The molecule has 1 aromatic heterocycles. The molecule has 0 spiro atoms. The van der Waals surface area contributed by atoms with E-state index < -0.39 is 24.5 Å². The molecule has 1 rings (SSSR count). The number of nitrogens with zero attached hydrogens (tertiary/aromatic N) is 2. The minimum Gasteiger partial charge on any atom is -0.295 e. The molecule has 1 amide bonds. The van der Waals surface area contributed by atoms with Crippen molar-refractivity contribution in [3.8, 4) is 0 Å². The Balaban J connectivity index is 2.40. The smallest absolute Gasteiger partial charge is 0.295 e. The first-order valence-corrected chi connectivity index (χ1v) is 6.08. The van der Waals surface area contributed by atoms with E-state index in [1.807, 2.05) is 5.32 Å². The van der Waals surface area contributed by atoms with Gasteiger partial charge in [0, 0.05) is 19.8 Å². The molecular weight excluding hydrogens is 311 g/mol. The van der Waals surface area contributed by atoms with Gasteiger partial charge < -0.3 is 0 Å². The number of halogens is 4. The summed E-state index contributed by atoms with van der Waals surface area (Å²) in [5, 5.41) is 10.7. The number of hydrogen-bond donors (Lipinski definition) is 3. The second-order valence-electron chi connectivity index (χ2n) is 4.07. The third-order valence-corrected chi connectivity index (χ3v) is 2.49. The van der Waals surface area contributed by atoms with Gasteiger partial charge in [-0.1, -0.05) is 17.7 Å². The summed E-state index contributed by atoms with van der Waals surface area (Å²) >= 11 is 5.62. The fourth-order valence-electron chi connectivity index (χ4n) is 1.24. The van der Waals surface area contributed by atoms with E-state index in [1.54, 1.807) is 12.1 Å². The maximum absolute atomic E-state index is 12.0. The van der Waals surface area contributed by atoms with Crippen LogP contribution in [0.5, 0.6) is 0 Å². The van der Waals surface area contributed by atoms with Gasteiger partial charge in [-0.05, 0) is 11.6 Å². The van der Waals surface area contributed by atoms with Crippen LogP contribution < -0.4 is 10.7 Å². The van der Waals surface area contributed by atoms with E-state index in [0.717, 1.165) is 10.6 Å². The topological polar surface area (TPSA) is 81.1 Å². The summed E-state index contributed by atoms with van der Waals surface area (Å²) < 4.78 is 35.9. The fourth-order valence-corrected chi connectivity index (χ4v) is 1.35. The van der Waals surface area contributed by atoms with Crippen molar-refractivity contribution in [3.63, 3.8) is 0 Å². The molecular formula is C11H13ClF3N5O. The molecule has 0 saturated heterocycles. The van der Waals surface area contributed by atoms with E-state index in [4.69, 9.17) is 17.0 Å². The van der Waals surface area contributed by atoms with Crippen LogP contribution in [-0.4, -0.2) is 35.1 Å². The quantitative estimate of drug-likeness (QED) is 0.341. The number of guanidine groups is 1. The van der Waals surface area contributed by atoms with Gasteiger partial charge in [0.1, 0.15) is 11.6 Å². The van der Waals surface area contributed by atoms with E-state index in [1.165, 1.54) is 13.2 Å². The number of hydrogen-bond acceptors (Lipinski definition) is 4. The van der Waals surface area contributed by atoms with Gasteiger partial charge in [-0.15, -0.1) is 0 Å². The average Bonchev–Trinajstić information content (AvgIpc) is 2.35. The zero-order valence-corrected chi connectivity index (χ0v) is 11.7. The van der Waals surface area contributed by atoms with Crippen molar-refractivity contribution < 1.29 is 18.0 Å². The van der Waals surface area contributed by atoms with Gasteiger partial charge in [0.05, 0.1) is 0 Å². The van der Waals surface area contributed by atoms with Crippen molar-refractivity contribution in [3.05, 3.63) is 29.0 Å². The van der Waals surface area contributed by atoms with Gasteiger partial charge in [-0.3, -0.25) is 20.5 Å². The predicted molar refractivity (Wildman–Crippen MR) is 70.4 cm³/mol. The van der Waals surface area contributed by atoms with Gasteiger partial charge in [0.2, 0.25) is 11.9 Å². The molecule has 0 bridgehead atoms. The van der Waals surface area contributed by atoms with Gasteiger partial charge >= 0.3 is 6.18 Å². The molecule has 0 aliphatic carbocycles. The minimum absolute atomic E-state index is 0.262. The predicted octanol–water partition coefficient (Wildman–Crippen LogP) is 1.67. The van der Waals surface area contributed by atoms with E-state index in [9.17, 15) is 18.0 Å². The monoisotopic (exact) mass is 323 g/mol. The maximum atomic E-state index is 12.0. The van der Waals surface area contributed by atoms with E-state index >= 15 is 0 Å². The number of alkyl halides is 3. The molecule has 0 unspecified atom stereocenters. The molecule has 0 saturated carbocycles. The highest BCUT2D eigenvalue weighted by Gasteiger charge is 2.31. The highest BCUT2D eigenvalue weighted by atomic mass is 35.5. The van der Waals surface area contributed by atoms with Crippen molar-refractivity contribution in [2.75, 3.05) is 7.05 Å². The fraction of sp³-hybridized carbons (Fsp3) is 0.364. The molecule has 10 heteroatoms. The third-order valence-electron chi connectivity index (χ3n) is 2.26. The summed E-state index contributed by atoms with van der Waals surface area (Å²) in [6.07, 6.45) is -4.73. The Morgan fingerprint density at radius 3 is 2.67 bits per heavy atom. The highest BCUT2D eigenvalue weighted by molar-refractivity contribution is 6.29. The summed E-state index contributed by atoms with van der Waals surface area (Å²) in [4.78, 5) is 14.9. The molecule has 0 aliphatic rings. The molecule has 0 fully saturated rings. The highest BCUT2D eigenvalue weighted by Crippen LogP contribution is 2.18. The summed E-state index contributed by atoms with van der Waals surface area (Å²) in [5.41, 5.74) is 3.47. The standard InChI is InChI=1S/C11H13ClF3N5O/c1-20(10(16)19-9(21)4-11(13,14)15)18-6-7-2-3-8(12)17-5-7/h2-3,5,18H,4,6H2,1H3,(H2,16,19,21). The maximum Gasteiger partial charge on any atom is 0.397 e. The van der Waals surface area contributed by atoms with E-state index in [0.29, 0.717) is 5.15 Å². The van der Waals surface area contributed by atoms with Crippen LogP contribution in [-0.2, 0) is 11.3 Å². The second kappa shape index (κ2) is 7.23. The number of carbonyl (C=O) groups is 1. The first-order chi connectivity index (χ1) is 9.67. The number of aromatic nitrogens is 1. The van der Waals surface area contributed by atoms with E-state index in [-0.39, 0.29) is 6.54 Å². The number of hydrazine groups is 1. The molecule has 0 aliphatic heterocycles. The Morgan fingerprint density at radius 1 is 1.48 bits per heavy atom. The van der Waals surface area contributed by atoms with Crippen LogP contribution in [0.2, 0.25) is 5.15 Å². The van der Waals surface area contributed by atoms with Crippen LogP contribution in [0.25, 0.3) is 0 Å². The lowest BCUT2D eigenvalue weighted by Crippen LogP contribution is -2.48. The van der Waals surface area contributed by atoms with Crippen LogP contribution in [0.3, 0.4) is 0 Å². The van der Waals surface area contributed by atoms with Crippen LogP contribution >= 0.6 is 11.6 Å². The number of nitrogens with one attached hydrogen (secondary N) is 3. The minimum atomic E-state index is -4.61. The van der Waals surface area contributed by atoms with Gasteiger partial charge in [-0.2, -0.15) is 13.2 Å². The van der Waals surface area contributed by atoms with Crippen LogP contribution in [0.15, 0.2) is 18.3 Å². The summed E-state index contributed by atoms with van der Waals surface area (Å²) in [6, 6.07) is 3.27. The molecule has 1 heterocycles. The van der Waals surface area contributed by atoms with Crippen molar-refractivity contribution in [2.45, 2.75) is 19.1 Å². The normalized spacial score (nSPS) is 11.1. The second-order valence-corrected chi connectivity index (χ2v) is 4.46. The molecule has 21 heavy (non-hydrogen) atoms. The number of carbonyl (C=O) groups excluding carboxylic acids is 1. The molecule has 1 aromatic rings. The molecule has 0 radical (unpaired) electrons. The van der Waals surface area contributed by atoms with Crippen LogP contribution in [0.1, 0.15) is 12.0 Å². The first kappa shape index (κ1) is 17.2.